The van der Waals surface area contributed by atoms with Crippen molar-refractivity contribution < 1.29 is 24.2 Å². The van der Waals surface area contributed by atoms with E-state index in [4.69, 9.17) is 9.47 Å². The lowest BCUT2D eigenvalue weighted by Gasteiger charge is -2.20. The fourth-order valence-corrected chi connectivity index (χ4v) is 2.03. The van der Waals surface area contributed by atoms with Gasteiger partial charge >= 0.3 is 11.9 Å². The molecule has 0 aliphatic heterocycles. The van der Waals surface area contributed by atoms with Gasteiger partial charge in [0.25, 0.3) is 0 Å². The van der Waals surface area contributed by atoms with E-state index in [1.54, 1.807) is 13.8 Å². The number of aliphatic hydroxyl groups excluding tert-OH is 1. The molecule has 1 aromatic carbocycles. The van der Waals surface area contributed by atoms with Crippen molar-refractivity contribution in [2.24, 2.45) is 5.92 Å². The van der Waals surface area contributed by atoms with Crippen molar-refractivity contribution in [1.82, 2.24) is 0 Å². The first-order valence-electron chi connectivity index (χ1n) is 7.12. The van der Waals surface area contributed by atoms with Crippen LogP contribution in [0.15, 0.2) is 30.3 Å². The zero-order chi connectivity index (χ0) is 15.7. The van der Waals surface area contributed by atoms with Crippen LogP contribution in [-0.2, 0) is 25.5 Å². The van der Waals surface area contributed by atoms with E-state index < -0.39 is 24.0 Å². The molecule has 0 spiro atoms. The van der Waals surface area contributed by atoms with E-state index in [0.29, 0.717) is 6.42 Å². The molecule has 0 fully saturated rings. The molecule has 0 amide bonds. The number of hydrogen-bond donors (Lipinski definition) is 1. The zero-order valence-corrected chi connectivity index (χ0v) is 12.5. The van der Waals surface area contributed by atoms with Crippen LogP contribution in [0.2, 0.25) is 0 Å². The topological polar surface area (TPSA) is 72.8 Å². The van der Waals surface area contributed by atoms with Gasteiger partial charge in [0.2, 0.25) is 0 Å². The minimum absolute atomic E-state index is 0.218. The zero-order valence-electron chi connectivity index (χ0n) is 12.5. The van der Waals surface area contributed by atoms with E-state index in [2.05, 4.69) is 0 Å². The average Bonchev–Trinajstić information content (AvgIpc) is 2.46. The Morgan fingerprint density at radius 2 is 1.71 bits per heavy atom. The molecular formula is C16H22O5. The SMILES string of the molecule is CCOC(=O)C[C@H](O)[C@@H](Cc1ccccc1)C(=O)OCC. The Bertz CT molecular complexity index is 443. The van der Waals surface area contributed by atoms with Crippen LogP contribution in [-0.4, -0.2) is 36.4 Å². The first kappa shape index (κ1) is 17.2. The van der Waals surface area contributed by atoms with Gasteiger partial charge in [0.1, 0.15) is 0 Å². The Kier molecular flexibility index (Phi) is 7.46. The van der Waals surface area contributed by atoms with Crippen LogP contribution in [0.5, 0.6) is 0 Å². The van der Waals surface area contributed by atoms with E-state index in [0.717, 1.165) is 5.56 Å². The Hall–Kier alpha value is -1.88. The van der Waals surface area contributed by atoms with Crippen molar-refractivity contribution in [3.05, 3.63) is 35.9 Å². The standard InChI is InChI=1S/C16H22O5/c1-3-20-15(18)11-14(17)13(16(19)21-4-2)10-12-8-6-5-7-9-12/h5-9,13-14,17H,3-4,10-11H2,1-2H3/t13-,14+/m1/s1. The van der Waals surface area contributed by atoms with Gasteiger partial charge in [-0.1, -0.05) is 30.3 Å². The monoisotopic (exact) mass is 294 g/mol. The Morgan fingerprint density at radius 3 is 2.29 bits per heavy atom. The van der Waals surface area contributed by atoms with Crippen molar-refractivity contribution in [2.75, 3.05) is 13.2 Å². The van der Waals surface area contributed by atoms with E-state index >= 15 is 0 Å². The van der Waals surface area contributed by atoms with Crippen LogP contribution in [0, 0.1) is 5.92 Å². The molecule has 2 atom stereocenters. The summed E-state index contributed by atoms with van der Waals surface area (Å²) in [6.07, 6.45) is -1.02. The number of aliphatic hydroxyl groups is 1. The maximum Gasteiger partial charge on any atom is 0.311 e. The quantitative estimate of drug-likeness (QED) is 0.739. The Labute approximate surface area is 124 Å². The molecule has 5 nitrogen and oxygen atoms in total. The van der Waals surface area contributed by atoms with Gasteiger partial charge in [0, 0.05) is 0 Å². The highest BCUT2D eigenvalue weighted by atomic mass is 16.5. The second kappa shape index (κ2) is 9.13. The fourth-order valence-electron chi connectivity index (χ4n) is 2.03. The van der Waals surface area contributed by atoms with Crippen LogP contribution in [0.4, 0.5) is 0 Å². The van der Waals surface area contributed by atoms with Gasteiger partial charge in [-0.15, -0.1) is 0 Å². The summed E-state index contributed by atoms with van der Waals surface area (Å²) in [5.41, 5.74) is 0.901. The molecule has 21 heavy (non-hydrogen) atoms. The van der Waals surface area contributed by atoms with Crippen molar-refractivity contribution in [3.8, 4) is 0 Å². The number of carbonyl (C=O) groups excluding carboxylic acids is 2. The molecule has 0 unspecified atom stereocenters. The molecule has 0 aromatic heterocycles. The van der Waals surface area contributed by atoms with Gasteiger partial charge < -0.3 is 14.6 Å². The molecule has 1 aromatic rings. The maximum absolute atomic E-state index is 12.0. The number of rotatable bonds is 8. The summed E-state index contributed by atoms with van der Waals surface area (Å²) in [6, 6.07) is 9.31. The lowest BCUT2D eigenvalue weighted by atomic mass is 9.92. The van der Waals surface area contributed by atoms with Gasteiger partial charge in [-0.05, 0) is 25.8 Å². The van der Waals surface area contributed by atoms with E-state index in [1.165, 1.54) is 0 Å². The van der Waals surface area contributed by atoms with E-state index in [-0.39, 0.29) is 19.6 Å². The fraction of sp³-hybridized carbons (Fsp3) is 0.500. The van der Waals surface area contributed by atoms with Crippen LogP contribution in [0.1, 0.15) is 25.8 Å². The number of ether oxygens (including phenoxy) is 2. The van der Waals surface area contributed by atoms with Crippen molar-refractivity contribution in [3.63, 3.8) is 0 Å². The lowest BCUT2D eigenvalue weighted by Crippen LogP contribution is -2.34. The highest BCUT2D eigenvalue weighted by Crippen LogP contribution is 2.17. The molecular weight excluding hydrogens is 272 g/mol. The maximum atomic E-state index is 12.0. The van der Waals surface area contributed by atoms with Crippen LogP contribution in [0.25, 0.3) is 0 Å². The third-order valence-corrected chi connectivity index (χ3v) is 3.03. The first-order chi connectivity index (χ1) is 10.1. The summed E-state index contributed by atoms with van der Waals surface area (Å²) in [7, 11) is 0. The Morgan fingerprint density at radius 1 is 1.10 bits per heavy atom. The third-order valence-electron chi connectivity index (χ3n) is 3.03. The molecule has 0 saturated carbocycles. The molecule has 116 valence electrons. The molecule has 0 saturated heterocycles. The molecule has 0 aliphatic rings. The molecule has 1 N–H and O–H groups in total. The van der Waals surface area contributed by atoms with Crippen LogP contribution >= 0.6 is 0 Å². The summed E-state index contributed by atoms with van der Waals surface area (Å²) in [5.74, 6) is -1.80. The number of esters is 2. The Balaban J connectivity index is 2.76. The number of benzene rings is 1. The summed E-state index contributed by atoms with van der Waals surface area (Å²) in [4.78, 5) is 23.5. The highest BCUT2D eigenvalue weighted by Gasteiger charge is 2.30. The number of hydrogen-bond acceptors (Lipinski definition) is 5. The molecule has 0 aliphatic carbocycles. The minimum Gasteiger partial charge on any atom is -0.466 e. The summed E-state index contributed by atoms with van der Waals surface area (Å²) >= 11 is 0. The largest absolute Gasteiger partial charge is 0.466 e. The van der Waals surface area contributed by atoms with Gasteiger partial charge in [0.05, 0.1) is 31.7 Å². The molecule has 0 bridgehead atoms. The summed E-state index contributed by atoms with van der Waals surface area (Å²) in [5, 5.41) is 10.2. The highest BCUT2D eigenvalue weighted by molar-refractivity contribution is 5.76. The lowest BCUT2D eigenvalue weighted by molar-refractivity contribution is -0.154. The van der Waals surface area contributed by atoms with Crippen molar-refractivity contribution in [2.45, 2.75) is 32.8 Å². The van der Waals surface area contributed by atoms with Gasteiger partial charge in [-0.25, -0.2) is 0 Å². The van der Waals surface area contributed by atoms with Gasteiger partial charge in [0.15, 0.2) is 0 Å². The summed E-state index contributed by atoms with van der Waals surface area (Å²) < 4.78 is 9.79. The molecule has 0 heterocycles. The second-order valence-electron chi connectivity index (χ2n) is 4.62. The predicted molar refractivity (Wildman–Crippen MR) is 77.5 cm³/mol. The predicted octanol–water partition coefficient (Wildman–Crippen LogP) is 1.72. The second-order valence-corrected chi connectivity index (χ2v) is 4.62. The third kappa shape index (κ3) is 5.95. The number of carbonyl (C=O) groups is 2. The van der Waals surface area contributed by atoms with Crippen LogP contribution < -0.4 is 0 Å². The van der Waals surface area contributed by atoms with Crippen molar-refractivity contribution >= 4 is 11.9 Å². The first-order valence-corrected chi connectivity index (χ1v) is 7.12. The van der Waals surface area contributed by atoms with Gasteiger partial charge in [-0.3, -0.25) is 9.59 Å². The van der Waals surface area contributed by atoms with Crippen molar-refractivity contribution in [1.29, 1.82) is 0 Å². The summed E-state index contributed by atoms with van der Waals surface area (Å²) in [6.45, 7) is 3.87. The smallest absolute Gasteiger partial charge is 0.311 e. The normalized spacial score (nSPS) is 13.3. The minimum atomic E-state index is -1.12. The van der Waals surface area contributed by atoms with E-state index in [1.807, 2.05) is 30.3 Å². The van der Waals surface area contributed by atoms with Gasteiger partial charge in [-0.2, -0.15) is 0 Å². The van der Waals surface area contributed by atoms with E-state index in [9.17, 15) is 14.7 Å². The molecule has 1 rings (SSSR count). The van der Waals surface area contributed by atoms with Crippen LogP contribution in [0.3, 0.4) is 0 Å². The molecule has 5 heteroatoms. The molecule has 0 radical (unpaired) electrons. The average molecular weight is 294 g/mol.